The Hall–Kier alpha value is -2.09. The van der Waals surface area contributed by atoms with E-state index in [2.05, 4.69) is 0 Å². The number of carbonyl (C=O) groups excluding carboxylic acids is 1. The fraction of sp³-hybridized carbons (Fsp3) is 0.643. The molecule has 0 saturated heterocycles. The van der Waals surface area contributed by atoms with Crippen LogP contribution < -0.4 is 0 Å². The molecule has 0 aromatic carbocycles. The van der Waals surface area contributed by atoms with Crippen molar-refractivity contribution in [2.24, 2.45) is 0 Å². The quantitative estimate of drug-likeness (QED) is 0.484. The molecular weight excluding hydrogens is 292 g/mol. The first-order valence-electron chi connectivity index (χ1n) is 6.93. The topological polar surface area (TPSA) is 102 Å². The predicted octanol–water partition coefficient (Wildman–Crippen LogP) is 3.20. The second-order valence-corrected chi connectivity index (χ2v) is 5.97. The minimum Gasteiger partial charge on any atom is -0.429 e. The molecule has 0 spiro atoms. The Balaban J connectivity index is 3.20. The van der Waals surface area contributed by atoms with E-state index in [0.717, 1.165) is 5.06 Å². The molecule has 0 saturated carbocycles. The van der Waals surface area contributed by atoms with Gasteiger partial charge in [-0.15, -0.1) is 0 Å². The van der Waals surface area contributed by atoms with Crippen LogP contribution in [0.4, 0.5) is 4.79 Å². The molecule has 0 fully saturated rings. The number of nitrogens with zero attached hydrogens (tertiary/aromatic N) is 2. The van der Waals surface area contributed by atoms with Gasteiger partial charge in [0.15, 0.2) is 0 Å². The minimum atomic E-state index is -1.18. The van der Waals surface area contributed by atoms with Gasteiger partial charge in [-0.1, -0.05) is 6.92 Å². The summed E-state index contributed by atoms with van der Waals surface area (Å²) in [5, 5.41) is 22.0. The average Bonchev–Trinajstić information content (AvgIpc) is 2.34. The molecule has 1 N–H and O–H groups in total. The zero-order valence-electron chi connectivity index (χ0n) is 13.7. The lowest BCUT2D eigenvalue weighted by Gasteiger charge is -2.31. The van der Waals surface area contributed by atoms with Gasteiger partial charge >= 0.3 is 11.9 Å². The molecule has 1 aliphatic heterocycles. The van der Waals surface area contributed by atoms with Crippen LogP contribution in [0.25, 0.3) is 0 Å². The van der Waals surface area contributed by atoms with E-state index in [1.165, 1.54) is 6.92 Å². The van der Waals surface area contributed by atoms with Crippen molar-refractivity contribution in [2.75, 3.05) is 0 Å². The van der Waals surface area contributed by atoms with Crippen LogP contribution in [-0.4, -0.2) is 33.1 Å². The lowest BCUT2D eigenvalue weighted by atomic mass is 9.97. The molecule has 1 atom stereocenters. The van der Waals surface area contributed by atoms with Gasteiger partial charge in [0.05, 0.1) is 4.92 Å². The van der Waals surface area contributed by atoms with Gasteiger partial charge < -0.3 is 9.47 Å². The van der Waals surface area contributed by atoms with Gasteiger partial charge in [0.1, 0.15) is 11.3 Å². The number of rotatable bonds is 3. The number of allylic oxidation sites excluding steroid dienone is 2. The van der Waals surface area contributed by atoms with Crippen molar-refractivity contribution in [3.8, 4) is 0 Å². The molecular formula is C14H22N2O6. The smallest absolute Gasteiger partial charge is 0.429 e. The van der Waals surface area contributed by atoms with Crippen LogP contribution in [0.2, 0.25) is 0 Å². The molecule has 1 heterocycles. The zero-order chi connectivity index (χ0) is 17.2. The van der Waals surface area contributed by atoms with Gasteiger partial charge in [-0.3, -0.25) is 15.3 Å². The molecule has 8 heteroatoms. The summed E-state index contributed by atoms with van der Waals surface area (Å²) in [4.78, 5) is 22.5. The molecule has 1 aliphatic rings. The second-order valence-electron chi connectivity index (χ2n) is 5.97. The Morgan fingerprint density at radius 3 is 2.32 bits per heavy atom. The average molecular weight is 314 g/mol. The Bertz CT molecular complexity index is 544. The maximum absolute atomic E-state index is 11.9. The maximum Gasteiger partial charge on any atom is 0.509 e. The van der Waals surface area contributed by atoms with Crippen molar-refractivity contribution in [2.45, 2.75) is 59.7 Å². The number of hydroxylamine groups is 2. The molecule has 0 aromatic rings. The van der Waals surface area contributed by atoms with E-state index < -0.39 is 22.8 Å². The van der Waals surface area contributed by atoms with E-state index in [4.69, 9.17) is 9.47 Å². The van der Waals surface area contributed by atoms with E-state index in [0.29, 0.717) is 17.7 Å². The van der Waals surface area contributed by atoms with E-state index >= 15 is 0 Å². The molecule has 0 amide bonds. The highest BCUT2D eigenvalue weighted by atomic mass is 16.7. The zero-order valence-corrected chi connectivity index (χ0v) is 13.7. The summed E-state index contributed by atoms with van der Waals surface area (Å²) in [5.41, 5.74) is -0.290. The fourth-order valence-corrected chi connectivity index (χ4v) is 2.21. The molecule has 1 unspecified atom stereocenters. The monoisotopic (exact) mass is 314 g/mol. The first kappa shape index (κ1) is 18.0. The summed E-state index contributed by atoms with van der Waals surface area (Å²) < 4.78 is 10.2. The van der Waals surface area contributed by atoms with Crippen molar-refractivity contribution >= 4 is 6.16 Å². The molecule has 8 nitrogen and oxygen atoms in total. The lowest BCUT2D eigenvalue weighted by Crippen LogP contribution is -2.37. The number of carbonyl (C=O) groups is 1. The molecule has 1 rings (SSSR count). The van der Waals surface area contributed by atoms with Crippen LogP contribution in [0.5, 0.6) is 0 Å². The third-order valence-corrected chi connectivity index (χ3v) is 3.22. The van der Waals surface area contributed by atoms with Crippen molar-refractivity contribution < 1.29 is 24.4 Å². The van der Waals surface area contributed by atoms with E-state index in [1.54, 1.807) is 34.6 Å². The summed E-state index contributed by atoms with van der Waals surface area (Å²) >= 11 is 0. The number of ether oxygens (including phenoxy) is 2. The summed E-state index contributed by atoms with van der Waals surface area (Å²) in [6, 6.07) is 0. The van der Waals surface area contributed by atoms with Gasteiger partial charge in [-0.05, 0) is 41.0 Å². The standard InChI is InChI=1S/C14H22N2O6/c1-7-10-8(2)15(18)9(3)11(16(19)20)12(10)21-13(17)22-14(4,5)6/h12,18H,7H2,1-6H3. The summed E-state index contributed by atoms with van der Waals surface area (Å²) in [6.07, 6.45) is -1.80. The summed E-state index contributed by atoms with van der Waals surface area (Å²) in [6.45, 7) is 9.76. The van der Waals surface area contributed by atoms with Crippen LogP contribution in [0.3, 0.4) is 0 Å². The Morgan fingerprint density at radius 2 is 1.91 bits per heavy atom. The first-order valence-corrected chi connectivity index (χ1v) is 6.93. The molecule has 22 heavy (non-hydrogen) atoms. The molecule has 124 valence electrons. The highest BCUT2D eigenvalue weighted by Gasteiger charge is 2.41. The van der Waals surface area contributed by atoms with Crippen molar-refractivity contribution in [3.05, 3.63) is 32.8 Å². The Labute approximate surface area is 129 Å². The fourth-order valence-electron chi connectivity index (χ4n) is 2.21. The normalized spacial score (nSPS) is 19.4. The van der Waals surface area contributed by atoms with Gasteiger partial charge in [-0.2, -0.15) is 0 Å². The summed E-state index contributed by atoms with van der Waals surface area (Å²) in [5.74, 6) is 0. The minimum absolute atomic E-state index is 0.00765. The molecule has 0 radical (unpaired) electrons. The van der Waals surface area contributed by atoms with Gasteiger partial charge in [0.2, 0.25) is 6.10 Å². The van der Waals surface area contributed by atoms with Gasteiger partial charge in [0.25, 0.3) is 0 Å². The van der Waals surface area contributed by atoms with Crippen LogP contribution in [0, 0.1) is 10.1 Å². The Morgan fingerprint density at radius 1 is 1.36 bits per heavy atom. The SMILES string of the molecule is CCC1=C(C)N(O)C(C)=C([N+](=O)[O-])C1OC(=O)OC(C)(C)C. The first-order chi connectivity index (χ1) is 9.99. The number of hydrogen-bond donors (Lipinski definition) is 1. The number of hydrogen-bond acceptors (Lipinski definition) is 7. The summed E-state index contributed by atoms with van der Waals surface area (Å²) in [7, 11) is 0. The molecule has 0 aromatic heterocycles. The van der Waals surface area contributed by atoms with E-state index in [9.17, 15) is 20.1 Å². The number of nitro groups is 1. The van der Waals surface area contributed by atoms with Crippen molar-refractivity contribution in [3.63, 3.8) is 0 Å². The molecule has 0 aliphatic carbocycles. The van der Waals surface area contributed by atoms with Crippen LogP contribution >= 0.6 is 0 Å². The van der Waals surface area contributed by atoms with Crippen LogP contribution in [0.15, 0.2) is 22.7 Å². The van der Waals surface area contributed by atoms with Crippen molar-refractivity contribution in [1.82, 2.24) is 5.06 Å². The van der Waals surface area contributed by atoms with E-state index in [1.807, 2.05) is 0 Å². The second kappa shape index (κ2) is 6.35. The highest BCUT2D eigenvalue weighted by Crippen LogP contribution is 2.33. The van der Waals surface area contributed by atoms with Gasteiger partial charge in [0, 0.05) is 11.3 Å². The third-order valence-electron chi connectivity index (χ3n) is 3.22. The van der Waals surface area contributed by atoms with Gasteiger partial charge in [-0.25, -0.2) is 9.86 Å². The largest absolute Gasteiger partial charge is 0.509 e. The lowest BCUT2D eigenvalue weighted by molar-refractivity contribution is -0.438. The predicted molar refractivity (Wildman–Crippen MR) is 77.4 cm³/mol. The van der Waals surface area contributed by atoms with Crippen LogP contribution in [0.1, 0.15) is 48.0 Å². The van der Waals surface area contributed by atoms with E-state index in [-0.39, 0.29) is 11.4 Å². The molecule has 0 bridgehead atoms. The van der Waals surface area contributed by atoms with Crippen LogP contribution in [-0.2, 0) is 9.47 Å². The Kier molecular flexibility index (Phi) is 5.18. The maximum atomic E-state index is 11.9. The van der Waals surface area contributed by atoms with Crippen molar-refractivity contribution in [1.29, 1.82) is 0 Å². The highest BCUT2D eigenvalue weighted by molar-refractivity contribution is 5.62. The third kappa shape index (κ3) is 3.76.